The first-order valence-corrected chi connectivity index (χ1v) is 11.1. The molecule has 0 saturated carbocycles. The average molecular weight is 424 g/mol. The molecule has 0 aliphatic heterocycles. The molecule has 1 atom stereocenters. The molecule has 1 aromatic carbocycles. The minimum absolute atomic E-state index is 0.473. The van der Waals surface area contributed by atoms with Gasteiger partial charge in [-0.15, -0.1) is 5.10 Å². The summed E-state index contributed by atoms with van der Waals surface area (Å²) in [4.78, 5) is 10.6. The number of benzene rings is 1. The van der Waals surface area contributed by atoms with Crippen molar-refractivity contribution in [3.05, 3.63) is 72.7 Å². The molecule has 4 rings (SSSR count). The van der Waals surface area contributed by atoms with Crippen LogP contribution in [0.2, 0.25) is 0 Å². The van der Waals surface area contributed by atoms with Gasteiger partial charge in [0.1, 0.15) is 22.5 Å². The van der Waals surface area contributed by atoms with Crippen LogP contribution in [0.1, 0.15) is 5.56 Å². The zero-order valence-electron chi connectivity index (χ0n) is 16.5. The van der Waals surface area contributed by atoms with Gasteiger partial charge in [-0.1, -0.05) is 16.3 Å². The van der Waals surface area contributed by atoms with E-state index in [1.165, 1.54) is 0 Å². The summed E-state index contributed by atoms with van der Waals surface area (Å²) < 4.78 is 27.1. The van der Waals surface area contributed by atoms with E-state index < -0.39 is 10.4 Å². The third-order valence-corrected chi connectivity index (χ3v) is 4.93. The second-order valence-corrected chi connectivity index (χ2v) is 8.65. The SMILES string of the molecule is CN(Cc1cccnc1)c1ccc2ncc(Nc3cccc(N[S+](C)(=O)[O-])c3)n2n1. The number of fused-ring (bicyclic) bond motifs is 1. The van der Waals surface area contributed by atoms with Crippen LogP contribution in [0.5, 0.6) is 0 Å². The van der Waals surface area contributed by atoms with Crippen molar-refractivity contribution in [3.63, 3.8) is 0 Å². The van der Waals surface area contributed by atoms with Crippen LogP contribution >= 0.6 is 0 Å². The molecule has 0 fully saturated rings. The van der Waals surface area contributed by atoms with Crippen LogP contribution in [-0.4, -0.2) is 37.4 Å². The van der Waals surface area contributed by atoms with Crippen LogP contribution < -0.4 is 14.9 Å². The fraction of sp³-hybridized carbons (Fsp3) is 0.150. The normalized spacial score (nSPS) is 13.0. The Labute approximate surface area is 175 Å². The number of hydrogen-bond donors (Lipinski definition) is 2. The fourth-order valence-electron chi connectivity index (χ4n) is 3.02. The summed E-state index contributed by atoms with van der Waals surface area (Å²) in [6, 6.07) is 14.7. The summed E-state index contributed by atoms with van der Waals surface area (Å²) in [7, 11) is -1.39. The van der Waals surface area contributed by atoms with Gasteiger partial charge in [0, 0.05) is 31.7 Å². The van der Waals surface area contributed by atoms with E-state index in [-0.39, 0.29) is 0 Å². The molecular formula is C20H21N7O2S. The Kier molecular flexibility index (Phi) is 5.34. The number of nitrogens with zero attached hydrogens (tertiary/aromatic N) is 5. The van der Waals surface area contributed by atoms with Crippen molar-refractivity contribution < 1.29 is 8.76 Å². The highest BCUT2D eigenvalue weighted by Crippen LogP contribution is 2.23. The van der Waals surface area contributed by atoms with Crippen LogP contribution in [0.15, 0.2) is 67.1 Å². The Morgan fingerprint density at radius 1 is 1.13 bits per heavy atom. The predicted molar refractivity (Wildman–Crippen MR) is 117 cm³/mol. The highest BCUT2D eigenvalue weighted by Gasteiger charge is 2.11. The molecule has 10 heteroatoms. The average Bonchev–Trinajstić information content (AvgIpc) is 3.10. The first-order chi connectivity index (χ1) is 14.4. The van der Waals surface area contributed by atoms with E-state index >= 15 is 0 Å². The number of hydrogen-bond acceptors (Lipinski definition) is 7. The molecule has 154 valence electrons. The molecule has 2 N–H and O–H groups in total. The van der Waals surface area contributed by atoms with Gasteiger partial charge in [-0.3, -0.25) is 4.98 Å². The molecule has 3 aromatic heterocycles. The van der Waals surface area contributed by atoms with Gasteiger partial charge in [0.25, 0.3) is 0 Å². The van der Waals surface area contributed by atoms with E-state index in [0.717, 1.165) is 17.6 Å². The van der Waals surface area contributed by atoms with Crippen molar-refractivity contribution in [3.8, 4) is 0 Å². The van der Waals surface area contributed by atoms with Crippen molar-refractivity contribution >= 4 is 39.1 Å². The number of anilines is 4. The van der Waals surface area contributed by atoms with E-state index in [1.54, 1.807) is 35.1 Å². The first-order valence-electron chi connectivity index (χ1n) is 9.17. The fourth-order valence-corrected chi connectivity index (χ4v) is 3.58. The summed E-state index contributed by atoms with van der Waals surface area (Å²) in [6.07, 6.45) is 6.38. The van der Waals surface area contributed by atoms with Gasteiger partial charge >= 0.3 is 0 Å². The molecule has 0 aliphatic rings. The smallest absolute Gasteiger partial charge is 0.156 e. The van der Waals surface area contributed by atoms with E-state index in [4.69, 9.17) is 5.10 Å². The topological polar surface area (TPSA) is 111 Å². The van der Waals surface area contributed by atoms with Gasteiger partial charge < -0.3 is 14.8 Å². The summed E-state index contributed by atoms with van der Waals surface area (Å²) in [6.45, 7) is 0.670. The maximum absolute atomic E-state index is 11.5. The molecule has 0 aliphatic carbocycles. The first kappa shape index (κ1) is 19.8. The van der Waals surface area contributed by atoms with Gasteiger partial charge in [-0.25, -0.2) is 9.71 Å². The van der Waals surface area contributed by atoms with Gasteiger partial charge in [0.15, 0.2) is 11.5 Å². The summed E-state index contributed by atoms with van der Waals surface area (Å²) in [5.74, 6) is 1.44. The molecule has 9 nitrogen and oxygen atoms in total. The minimum atomic E-state index is -3.35. The predicted octanol–water partition coefficient (Wildman–Crippen LogP) is 3.09. The van der Waals surface area contributed by atoms with E-state index in [1.807, 2.05) is 48.5 Å². The molecule has 0 saturated heterocycles. The van der Waals surface area contributed by atoms with Gasteiger partial charge in [0.2, 0.25) is 0 Å². The van der Waals surface area contributed by atoms with Crippen LogP contribution in [0.3, 0.4) is 0 Å². The monoisotopic (exact) mass is 423 g/mol. The molecule has 0 amide bonds. The molecule has 0 bridgehead atoms. The zero-order chi connectivity index (χ0) is 21.1. The lowest BCUT2D eigenvalue weighted by Gasteiger charge is -2.18. The van der Waals surface area contributed by atoms with Gasteiger partial charge in [0.05, 0.1) is 11.9 Å². The van der Waals surface area contributed by atoms with E-state index in [9.17, 15) is 8.76 Å². The Morgan fingerprint density at radius 2 is 1.97 bits per heavy atom. The van der Waals surface area contributed by atoms with Crippen LogP contribution in [0.25, 0.3) is 5.65 Å². The lowest BCUT2D eigenvalue weighted by Crippen LogP contribution is -2.19. The Balaban J connectivity index is 1.57. The Bertz CT molecular complexity index is 1210. The number of sulfonamides is 1. The zero-order valence-corrected chi connectivity index (χ0v) is 17.3. The van der Waals surface area contributed by atoms with Crippen molar-refractivity contribution in [2.75, 3.05) is 28.2 Å². The highest BCUT2D eigenvalue weighted by atomic mass is 32.3. The Morgan fingerprint density at radius 3 is 2.73 bits per heavy atom. The number of pyridine rings is 1. The summed E-state index contributed by atoms with van der Waals surface area (Å²) in [5, 5.41) is 7.94. The maximum atomic E-state index is 11.5. The van der Waals surface area contributed by atoms with Crippen molar-refractivity contribution in [2.45, 2.75) is 6.54 Å². The quantitative estimate of drug-likeness (QED) is 0.440. The van der Waals surface area contributed by atoms with E-state index in [2.05, 4.69) is 20.0 Å². The Hall–Kier alpha value is -3.50. The summed E-state index contributed by atoms with van der Waals surface area (Å²) in [5.41, 5.74) is 2.96. The van der Waals surface area contributed by atoms with Gasteiger partial charge in [-0.2, -0.15) is 4.52 Å². The summed E-state index contributed by atoms with van der Waals surface area (Å²) >= 11 is 0. The largest absolute Gasteiger partial charge is 0.593 e. The molecule has 0 radical (unpaired) electrons. The lowest BCUT2D eigenvalue weighted by molar-refractivity contribution is 0.490. The highest BCUT2D eigenvalue weighted by molar-refractivity contribution is 7.98. The van der Waals surface area contributed by atoms with Crippen molar-refractivity contribution in [1.29, 1.82) is 0 Å². The van der Waals surface area contributed by atoms with Crippen LogP contribution in [0, 0.1) is 0 Å². The number of nitrogens with one attached hydrogen (secondary N) is 2. The number of imidazole rings is 1. The molecule has 0 spiro atoms. The third kappa shape index (κ3) is 4.73. The van der Waals surface area contributed by atoms with Crippen molar-refractivity contribution in [1.82, 2.24) is 19.6 Å². The second-order valence-electron chi connectivity index (χ2n) is 6.90. The number of aromatic nitrogens is 4. The van der Waals surface area contributed by atoms with E-state index in [0.29, 0.717) is 29.4 Å². The van der Waals surface area contributed by atoms with Crippen LogP contribution in [-0.2, 0) is 21.2 Å². The molecular weight excluding hydrogens is 402 g/mol. The third-order valence-electron chi connectivity index (χ3n) is 4.32. The minimum Gasteiger partial charge on any atom is -0.593 e. The van der Waals surface area contributed by atoms with Crippen LogP contribution in [0.4, 0.5) is 23.0 Å². The van der Waals surface area contributed by atoms with Gasteiger partial charge in [-0.05, 0) is 42.0 Å². The number of rotatable bonds is 7. The molecule has 4 aromatic rings. The van der Waals surface area contributed by atoms with Crippen molar-refractivity contribution in [2.24, 2.45) is 0 Å². The standard InChI is InChI=1S/C20H21N7O2S/c1-26(14-15-5-4-10-21-12-15)19-9-8-18-22-13-20(27(18)24-19)23-16-6-3-7-17(11-16)25-30(2,28)29/h3-13,23H,14H2,1-2H3,(H-,25,28,29). The maximum Gasteiger partial charge on any atom is 0.156 e. The second kappa shape index (κ2) is 8.09. The lowest BCUT2D eigenvalue weighted by atomic mass is 10.3. The molecule has 30 heavy (non-hydrogen) atoms. The molecule has 1 unspecified atom stereocenters. The molecule has 3 heterocycles.